The second kappa shape index (κ2) is 5.24. The van der Waals surface area contributed by atoms with Crippen molar-refractivity contribution >= 4 is 0 Å². The average Bonchev–Trinajstić information content (AvgIpc) is 2.28. The molecule has 3 heteroatoms. The molecule has 0 amide bonds. The quantitative estimate of drug-likeness (QED) is 0.744. The number of aromatic nitrogens is 1. The number of hydrogen-bond acceptors (Lipinski definition) is 3. The third-order valence-electron chi connectivity index (χ3n) is 2.73. The van der Waals surface area contributed by atoms with Crippen LogP contribution in [0.5, 0.6) is 0 Å². The zero-order valence-electron chi connectivity index (χ0n) is 9.28. The minimum Gasteiger partial charge on any atom is -0.379 e. The molecule has 1 aliphatic heterocycles. The van der Waals surface area contributed by atoms with Crippen LogP contribution in [0.2, 0.25) is 0 Å². The topological polar surface area (TPSA) is 25.4 Å². The monoisotopic (exact) mass is 206 g/mol. The van der Waals surface area contributed by atoms with E-state index >= 15 is 0 Å². The lowest BCUT2D eigenvalue weighted by Crippen LogP contribution is -2.37. The molecule has 3 nitrogen and oxygen atoms in total. The molecular formula is C12H18N2O. The Morgan fingerprint density at radius 3 is 2.87 bits per heavy atom. The van der Waals surface area contributed by atoms with Crippen molar-refractivity contribution in [1.82, 2.24) is 9.88 Å². The summed E-state index contributed by atoms with van der Waals surface area (Å²) < 4.78 is 5.31. The number of rotatable bonds is 3. The average molecular weight is 206 g/mol. The van der Waals surface area contributed by atoms with Gasteiger partial charge in [0.1, 0.15) is 0 Å². The number of ether oxygens (including phenoxy) is 1. The van der Waals surface area contributed by atoms with E-state index in [1.807, 2.05) is 13.0 Å². The standard InChI is InChI=1S/C12H18N2O/c1-11-3-2-4-12(13-11)5-6-14-7-9-15-10-8-14/h2-4H,5-10H2,1H3. The van der Waals surface area contributed by atoms with Gasteiger partial charge in [-0.05, 0) is 19.1 Å². The fourth-order valence-corrected chi connectivity index (χ4v) is 1.84. The third-order valence-corrected chi connectivity index (χ3v) is 2.73. The molecule has 0 aromatic carbocycles. The van der Waals surface area contributed by atoms with Gasteiger partial charge in [-0.2, -0.15) is 0 Å². The molecule has 2 heterocycles. The first kappa shape index (κ1) is 10.6. The predicted octanol–water partition coefficient (Wildman–Crippen LogP) is 1.26. The van der Waals surface area contributed by atoms with E-state index < -0.39 is 0 Å². The molecule has 0 N–H and O–H groups in total. The van der Waals surface area contributed by atoms with Gasteiger partial charge in [-0.3, -0.25) is 9.88 Å². The van der Waals surface area contributed by atoms with Crippen LogP contribution >= 0.6 is 0 Å². The summed E-state index contributed by atoms with van der Waals surface area (Å²) in [5, 5.41) is 0. The molecule has 0 spiro atoms. The number of nitrogens with zero attached hydrogens (tertiary/aromatic N) is 2. The van der Waals surface area contributed by atoms with Gasteiger partial charge in [-0.25, -0.2) is 0 Å². The molecule has 15 heavy (non-hydrogen) atoms. The molecule has 0 unspecified atom stereocenters. The molecule has 1 aliphatic rings. The summed E-state index contributed by atoms with van der Waals surface area (Å²) in [7, 11) is 0. The summed E-state index contributed by atoms with van der Waals surface area (Å²) in [6.45, 7) is 7.01. The van der Waals surface area contributed by atoms with Crippen molar-refractivity contribution < 1.29 is 4.74 Å². The minimum absolute atomic E-state index is 0.876. The van der Waals surface area contributed by atoms with E-state index in [-0.39, 0.29) is 0 Å². The van der Waals surface area contributed by atoms with Crippen LogP contribution in [0.4, 0.5) is 0 Å². The van der Waals surface area contributed by atoms with Crippen molar-refractivity contribution in [2.24, 2.45) is 0 Å². The van der Waals surface area contributed by atoms with Gasteiger partial charge in [0.2, 0.25) is 0 Å². The molecule has 0 saturated carbocycles. The Morgan fingerprint density at radius 1 is 1.33 bits per heavy atom. The van der Waals surface area contributed by atoms with E-state index in [1.54, 1.807) is 0 Å². The van der Waals surface area contributed by atoms with Crippen molar-refractivity contribution in [1.29, 1.82) is 0 Å². The minimum atomic E-state index is 0.876. The summed E-state index contributed by atoms with van der Waals surface area (Å²) >= 11 is 0. The molecule has 1 aromatic heterocycles. The smallest absolute Gasteiger partial charge is 0.0594 e. The molecule has 1 aromatic rings. The highest BCUT2D eigenvalue weighted by Crippen LogP contribution is 2.02. The first-order chi connectivity index (χ1) is 7.34. The molecule has 0 radical (unpaired) electrons. The van der Waals surface area contributed by atoms with Gasteiger partial charge in [0.15, 0.2) is 0 Å². The Kier molecular flexibility index (Phi) is 3.69. The Labute approximate surface area is 91.1 Å². The second-order valence-electron chi connectivity index (χ2n) is 3.97. The summed E-state index contributed by atoms with van der Waals surface area (Å²) in [5.74, 6) is 0. The molecule has 2 rings (SSSR count). The van der Waals surface area contributed by atoms with Gasteiger partial charge < -0.3 is 4.74 Å². The summed E-state index contributed by atoms with van der Waals surface area (Å²) in [4.78, 5) is 6.94. The fraction of sp³-hybridized carbons (Fsp3) is 0.583. The van der Waals surface area contributed by atoms with E-state index in [4.69, 9.17) is 4.74 Å². The molecule has 0 aliphatic carbocycles. The van der Waals surface area contributed by atoms with E-state index in [2.05, 4.69) is 22.0 Å². The lowest BCUT2D eigenvalue weighted by Gasteiger charge is -2.26. The van der Waals surface area contributed by atoms with Gasteiger partial charge in [0, 0.05) is 37.4 Å². The maximum absolute atomic E-state index is 5.31. The first-order valence-corrected chi connectivity index (χ1v) is 5.57. The van der Waals surface area contributed by atoms with Gasteiger partial charge >= 0.3 is 0 Å². The number of morpholine rings is 1. The van der Waals surface area contributed by atoms with Crippen molar-refractivity contribution in [3.05, 3.63) is 29.6 Å². The van der Waals surface area contributed by atoms with Crippen LogP contribution in [0.3, 0.4) is 0 Å². The molecule has 1 fully saturated rings. The molecule has 82 valence electrons. The lowest BCUT2D eigenvalue weighted by molar-refractivity contribution is 0.0383. The van der Waals surface area contributed by atoms with Crippen molar-refractivity contribution in [3.63, 3.8) is 0 Å². The zero-order chi connectivity index (χ0) is 10.5. The van der Waals surface area contributed by atoms with E-state index in [0.717, 1.165) is 45.0 Å². The highest BCUT2D eigenvalue weighted by Gasteiger charge is 2.09. The SMILES string of the molecule is Cc1cccc(CCN2CCOCC2)n1. The summed E-state index contributed by atoms with van der Waals surface area (Å²) in [6.07, 6.45) is 1.04. The Bertz CT molecular complexity index is 308. The van der Waals surface area contributed by atoms with Crippen molar-refractivity contribution in [3.8, 4) is 0 Å². The maximum Gasteiger partial charge on any atom is 0.0594 e. The van der Waals surface area contributed by atoms with Crippen LogP contribution in [-0.2, 0) is 11.2 Å². The highest BCUT2D eigenvalue weighted by molar-refractivity contribution is 5.10. The molecular weight excluding hydrogens is 188 g/mol. The largest absolute Gasteiger partial charge is 0.379 e. The zero-order valence-corrected chi connectivity index (χ0v) is 9.28. The van der Waals surface area contributed by atoms with Crippen LogP contribution in [0.1, 0.15) is 11.4 Å². The number of aryl methyl sites for hydroxylation is 1. The van der Waals surface area contributed by atoms with E-state index in [9.17, 15) is 0 Å². The van der Waals surface area contributed by atoms with Crippen LogP contribution in [0.25, 0.3) is 0 Å². The maximum atomic E-state index is 5.31. The number of pyridine rings is 1. The van der Waals surface area contributed by atoms with Crippen molar-refractivity contribution in [2.45, 2.75) is 13.3 Å². The van der Waals surface area contributed by atoms with Crippen molar-refractivity contribution in [2.75, 3.05) is 32.8 Å². The molecule has 1 saturated heterocycles. The van der Waals surface area contributed by atoms with Crippen LogP contribution in [-0.4, -0.2) is 42.7 Å². The molecule has 0 atom stereocenters. The normalized spacial score (nSPS) is 17.9. The van der Waals surface area contributed by atoms with Gasteiger partial charge in [0.25, 0.3) is 0 Å². The van der Waals surface area contributed by atoms with E-state index in [1.165, 1.54) is 5.69 Å². The van der Waals surface area contributed by atoms with Gasteiger partial charge in [-0.15, -0.1) is 0 Å². The predicted molar refractivity (Wildman–Crippen MR) is 59.9 cm³/mol. The summed E-state index contributed by atoms with van der Waals surface area (Å²) in [5.41, 5.74) is 2.30. The third kappa shape index (κ3) is 3.29. The number of hydrogen-bond donors (Lipinski definition) is 0. The second-order valence-corrected chi connectivity index (χ2v) is 3.97. The summed E-state index contributed by atoms with van der Waals surface area (Å²) in [6, 6.07) is 6.22. The molecule has 0 bridgehead atoms. The highest BCUT2D eigenvalue weighted by atomic mass is 16.5. The van der Waals surface area contributed by atoms with Crippen LogP contribution in [0.15, 0.2) is 18.2 Å². The Balaban J connectivity index is 1.81. The first-order valence-electron chi connectivity index (χ1n) is 5.57. The Morgan fingerprint density at radius 2 is 2.13 bits per heavy atom. The fourth-order valence-electron chi connectivity index (χ4n) is 1.84. The lowest BCUT2D eigenvalue weighted by atomic mass is 10.2. The van der Waals surface area contributed by atoms with E-state index in [0.29, 0.717) is 0 Å². The van der Waals surface area contributed by atoms with Crippen LogP contribution < -0.4 is 0 Å². The van der Waals surface area contributed by atoms with Gasteiger partial charge in [-0.1, -0.05) is 6.07 Å². The van der Waals surface area contributed by atoms with Crippen LogP contribution in [0, 0.1) is 6.92 Å². The Hall–Kier alpha value is -0.930. The van der Waals surface area contributed by atoms with Gasteiger partial charge in [0.05, 0.1) is 13.2 Å².